The van der Waals surface area contributed by atoms with Crippen LogP contribution in [0.3, 0.4) is 0 Å². The lowest BCUT2D eigenvalue weighted by Gasteiger charge is -2.12. The van der Waals surface area contributed by atoms with Crippen LogP contribution >= 0.6 is 11.6 Å². The molecule has 2 aromatic carbocycles. The summed E-state index contributed by atoms with van der Waals surface area (Å²) in [5.41, 5.74) is 1.47. The number of aromatic nitrogens is 2. The molecule has 1 amide bonds. The van der Waals surface area contributed by atoms with Crippen molar-refractivity contribution >= 4 is 28.4 Å². The second-order valence-electron chi connectivity index (χ2n) is 5.96. The van der Waals surface area contributed by atoms with E-state index in [9.17, 15) is 9.59 Å². The highest BCUT2D eigenvalue weighted by molar-refractivity contribution is 6.31. The average Bonchev–Trinajstić information content (AvgIpc) is 2.66. The third-order valence-corrected chi connectivity index (χ3v) is 4.64. The summed E-state index contributed by atoms with van der Waals surface area (Å²) in [5.74, 6) is 0.527. The van der Waals surface area contributed by atoms with Gasteiger partial charge in [-0.2, -0.15) is 0 Å². The maximum absolute atomic E-state index is 12.6. The first kappa shape index (κ1) is 18.1. The summed E-state index contributed by atoms with van der Waals surface area (Å²) >= 11 is 6.09. The largest absolute Gasteiger partial charge is 0.352 e. The summed E-state index contributed by atoms with van der Waals surface area (Å²) in [4.78, 5) is 29.3. The molecule has 0 aliphatic rings. The summed E-state index contributed by atoms with van der Waals surface area (Å²) < 4.78 is 1.63. The van der Waals surface area contributed by atoms with Gasteiger partial charge in [0.05, 0.1) is 10.9 Å². The normalized spacial score (nSPS) is 10.8. The number of nitrogens with one attached hydrogen (secondary N) is 1. The molecule has 6 heteroatoms. The summed E-state index contributed by atoms with van der Waals surface area (Å²) in [6.45, 7) is 2.80. The number of halogens is 1. The number of rotatable bonds is 6. The summed E-state index contributed by atoms with van der Waals surface area (Å²) in [7, 11) is 0. The van der Waals surface area contributed by atoms with Gasteiger partial charge in [0.2, 0.25) is 5.91 Å². The van der Waals surface area contributed by atoms with Crippen molar-refractivity contribution < 1.29 is 4.79 Å². The maximum atomic E-state index is 12.6. The monoisotopic (exact) mass is 369 g/mol. The molecule has 0 aliphatic carbocycles. The molecule has 0 aliphatic heterocycles. The van der Waals surface area contributed by atoms with Crippen LogP contribution in [0, 0.1) is 0 Å². The SMILES string of the molecule is CCn1c(CCC(=O)NCc2ccccc2Cl)nc2ccccc2c1=O. The fourth-order valence-corrected chi connectivity index (χ4v) is 3.08. The van der Waals surface area contributed by atoms with E-state index in [-0.39, 0.29) is 17.9 Å². The highest BCUT2D eigenvalue weighted by Crippen LogP contribution is 2.14. The molecule has 1 aromatic heterocycles. The Kier molecular flexibility index (Phi) is 5.68. The number of carbonyl (C=O) groups is 1. The number of hydrogen-bond donors (Lipinski definition) is 1. The van der Waals surface area contributed by atoms with E-state index in [2.05, 4.69) is 10.3 Å². The number of amides is 1. The summed E-state index contributed by atoms with van der Waals surface area (Å²) in [6.07, 6.45) is 0.664. The maximum Gasteiger partial charge on any atom is 0.261 e. The number of benzene rings is 2. The van der Waals surface area contributed by atoms with Gasteiger partial charge >= 0.3 is 0 Å². The van der Waals surface area contributed by atoms with Crippen LogP contribution in [-0.2, 0) is 24.3 Å². The molecule has 0 spiro atoms. The van der Waals surface area contributed by atoms with E-state index in [1.807, 2.05) is 43.3 Å². The predicted octanol–water partition coefficient (Wildman–Crippen LogP) is 3.32. The molecule has 0 unspecified atom stereocenters. The molecule has 0 bridgehead atoms. The first-order valence-corrected chi connectivity index (χ1v) is 8.96. The van der Waals surface area contributed by atoms with E-state index in [1.165, 1.54) is 0 Å². The van der Waals surface area contributed by atoms with Crippen molar-refractivity contribution in [1.82, 2.24) is 14.9 Å². The van der Waals surface area contributed by atoms with Gasteiger partial charge in [-0.05, 0) is 30.7 Å². The number of fused-ring (bicyclic) bond motifs is 1. The minimum atomic E-state index is -0.102. The van der Waals surface area contributed by atoms with E-state index in [4.69, 9.17) is 11.6 Å². The summed E-state index contributed by atoms with van der Waals surface area (Å²) in [6, 6.07) is 14.7. The van der Waals surface area contributed by atoms with Crippen LogP contribution in [0.5, 0.6) is 0 Å². The van der Waals surface area contributed by atoms with E-state index < -0.39 is 0 Å². The van der Waals surface area contributed by atoms with Gasteiger partial charge in [0.1, 0.15) is 5.82 Å². The second-order valence-corrected chi connectivity index (χ2v) is 6.37. The molecule has 1 heterocycles. The first-order chi connectivity index (χ1) is 12.6. The van der Waals surface area contributed by atoms with Crippen LogP contribution < -0.4 is 10.9 Å². The van der Waals surface area contributed by atoms with Gasteiger partial charge in [-0.15, -0.1) is 0 Å². The molecule has 3 aromatic rings. The van der Waals surface area contributed by atoms with Crippen molar-refractivity contribution in [2.45, 2.75) is 32.9 Å². The van der Waals surface area contributed by atoms with Crippen molar-refractivity contribution in [2.75, 3.05) is 0 Å². The van der Waals surface area contributed by atoms with Gasteiger partial charge in [-0.1, -0.05) is 41.9 Å². The number of para-hydroxylation sites is 1. The van der Waals surface area contributed by atoms with Crippen molar-refractivity contribution in [3.63, 3.8) is 0 Å². The van der Waals surface area contributed by atoms with Crippen LogP contribution in [0.1, 0.15) is 24.7 Å². The second kappa shape index (κ2) is 8.15. The number of nitrogens with zero attached hydrogens (tertiary/aromatic N) is 2. The molecule has 1 N–H and O–H groups in total. The van der Waals surface area contributed by atoms with E-state index in [0.29, 0.717) is 41.3 Å². The molecule has 0 fully saturated rings. The average molecular weight is 370 g/mol. The van der Waals surface area contributed by atoms with Crippen LogP contribution in [0.25, 0.3) is 10.9 Å². The smallest absolute Gasteiger partial charge is 0.261 e. The van der Waals surface area contributed by atoms with Crippen molar-refractivity contribution in [3.8, 4) is 0 Å². The number of hydrogen-bond acceptors (Lipinski definition) is 3. The molecule has 0 saturated heterocycles. The van der Waals surface area contributed by atoms with Gasteiger partial charge in [-0.25, -0.2) is 4.98 Å². The van der Waals surface area contributed by atoms with Gasteiger partial charge in [0.25, 0.3) is 5.56 Å². The van der Waals surface area contributed by atoms with Crippen LogP contribution in [0.15, 0.2) is 53.3 Å². The van der Waals surface area contributed by atoms with Crippen molar-refractivity contribution in [3.05, 3.63) is 75.3 Å². The van der Waals surface area contributed by atoms with Gasteiger partial charge in [0.15, 0.2) is 0 Å². The molecule has 0 radical (unpaired) electrons. The number of carbonyl (C=O) groups excluding carboxylic acids is 1. The lowest BCUT2D eigenvalue weighted by atomic mass is 10.2. The van der Waals surface area contributed by atoms with Gasteiger partial charge < -0.3 is 5.32 Å². The van der Waals surface area contributed by atoms with Gasteiger partial charge in [0, 0.05) is 31.0 Å². The lowest BCUT2D eigenvalue weighted by Crippen LogP contribution is -2.27. The molecule has 3 rings (SSSR count). The Morgan fingerprint density at radius 1 is 1.15 bits per heavy atom. The van der Waals surface area contributed by atoms with Gasteiger partial charge in [-0.3, -0.25) is 14.2 Å². The molecular formula is C20H20ClN3O2. The molecule has 0 saturated carbocycles. The topological polar surface area (TPSA) is 64.0 Å². The molecule has 0 atom stereocenters. The zero-order valence-corrected chi connectivity index (χ0v) is 15.3. The standard InChI is InChI=1S/C20H20ClN3O2/c1-2-24-18(23-17-10-6-4-8-15(17)20(24)26)11-12-19(25)22-13-14-7-3-5-9-16(14)21/h3-10H,2,11-13H2,1H3,(H,22,25). The van der Waals surface area contributed by atoms with Crippen molar-refractivity contribution in [2.24, 2.45) is 0 Å². The Bertz CT molecular complexity index is 998. The Morgan fingerprint density at radius 3 is 2.65 bits per heavy atom. The molecule has 5 nitrogen and oxygen atoms in total. The Labute approximate surface area is 156 Å². The highest BCUT2D eigenvalue weighted by Gasteiger charge is 2.11. The summed E-state index contributed by atoms with van der Waals surface area (Å²) in [5, 5.41) is 4.09. The fourth-order valence-electron chi connectivity index (χ4n) is 2.88. The number of aryl methyl sites for hydroxylation is 1. The minimum absolute atomic E-state index is 0.0652. The van der Waals surface area contributed by atoms with Crippen molar-refractivity contribution in [1.29, 1.82) is 0 Å². The molecular weight excluding hydrogens is 350 g/mol. The Hall–Kier alpha value is -2.66. The van der Waals surface area contributed by atoms with Crippen LogP contribution in [-0.4, -0.2) is 15.5 Å². The third kappa shape index (κ3) is 3.94. The predicted molar refractivity (Wildman–Crippen MR) is 103 cm³/mol. The van der Waals surface area contributed by atoms with E-state index in [1.54, 1.807) is 16.7 Å². The first-order valence-electron chi connectivity index (χ1n) is 8.58. The zero-order chi connectivity index (χ0) is 18.5. The molecule has 134 valence electrons. The quantitative estimate of drug-likeness (QED) is 0.725. The van der Waals surface area contributed by atoms with E-state index in [0.717, 1.165) is 5.56 Å². The van der Waals surface area contributed by atoms with Crippen LogP contribution in [0.4, 0.5) is 0 Å². The third-order valence-electron chi connectivity index (χ3n) is 4.27. The fraction of sp³-hybridized carbons (Fsp3) is 0.250. The minimum Gasteiger partial charge on any atom is -0.352 e. The van der Waals surface area contributed by atoms with Crippen LogP contribution in [0.2, 0.25) is 5.02 Å². The lowest BCUT2D eigenvalue weighted by molar-refractivity contribution is -0.121. The Morgan fingerprint density at radius 2 is 1.88 bits per heavy atom. The zero-order valence-electron chi connectivity index (χ0n) is 14.5. The Balaban J connectivity index is 1.70. The molecule has 26 heavy (non-hydrogen) atoms. The highest BCUT2D eigenvalue weighted by atomic mass is 35.5. The van der Waals surface area contributed by atoms with E-state index >= 15 is 0 Å².